The van der Waals surface area contributed by atoms with Crippen molar-refractivity contribution in [1.29, 1.82) is 0 Å². The van der Waals surface area contributed by atoms with Gasteiger partial charge >= 0.3 is 0 Å². The van der Waals surface area contributed by atoms with Crippen LogP contribution in [-0.2, 0) is 13.7 Å². The Balaban J connectivity index is 2.31. The van der Waals surface area contributed by atoms with E-state index in [9.17, 15) is 9.59 Å². The van der Waals surface area contributed by atoms with E-state index in [1.54, 1.807) is 7.05 Å². The molecule has 0 aliphatic heterocycles. The summed E-state index contributed by atoms with van der Waals surface area (Å²) in [6.45, 7) is 0.206. The van der Waals surface area contributed by atoms with Crippen LogP contribution < -0.4 is 10.3 Å². The maximum atomic E-state index is 11.9. The molecule has 2 rings (SSSR count). The molecule has 1 heterocycles. The van der Waals surface area contributed by atoms with Gasteiger partial charge in [-0.3, -0.25) is 9.59 Å². The molecule has 0 amide bonds. The SMILES string of the molecule is Cn1ccc(C(=O)Cl)c(OCc2ccccc2)c1=O. The number of rotatable bonds is 4. The minimum atomic E-state index is -0.708. The zero-order valence-electron chi connectivity index (χ0n) is 10.3. The molecule has 98 valence electrons. The topological polar surface area (TPSA) is 48.3 Å². The average Bonchev–Trinajstić information content (AvgIpc) is 2.41. The van der Waals surface area contributed by atoms with Crippen LogP contribution in [0.5, 0.6) is 5.75 Å². The van der Waals surface area contributed by atoms with Crippen molar-refractivity contribution in [2.45, 2.75) is 6.61 Å². The summed E-state index contributed by atoms with van der Waals surface area (Å²) in [5.41, 5.74) is 0.601. The Hall–Kier alpha value is -2.07. The van der Waals surface area contributed by atoms with Crippen molar-refractivity contribution in [2.75, 3.05) is 0 Å². The largest absolute Gasteiger partial charge is 0.482 e. The number of carbonyl (C=O) groups is 1. The van der Waals surface area contributed by atoms with Crippen molar-refractivity contribution in [3.05, 3.63) is 64.1 Å². The summed E-state index contributed by atoms with van der Waals surface area (Å²) in [6, 6.07) is 10.8. The number of nitrogens with zero attached hydrogens (tertiary/aromatic N) is 1. The predicted octanol–water partition coefficient (Wildman–Crippen LogP) is 2.34. The summed E-state index contributed by atoms with van der Waals surface area (Å²) in [6.07, 6.45) is 1.48. The van der Waals surface area contributed by atoms with E-state index in [0.717, 1.165) is 5.56 Å². The van der Waals surface area contributed by atoms with E-state index < -0.39 is 5.24 Å². The number of carbonyl (C=O) groups excluding carboxylic acids is 1. The van der Waals surface area contributed by atoms with Crippen molar-refractivity contribution < 1.29 is 9.53 Å². The third-order valence-electron chi connectivity index (χ3n) is 2.66. The first-order valence-corrected chi connectivity index (χ1v) is 6.03. The Bertz CT molecular complexity index is 649. The van der Waals surface area contributed by atoms with Gasteiger partial charge in [-0.25, -0.2) is 0 Å². The minimum absolute atomic E-state index is 0.0196. The number of hydrogen-bond donors (Lipinski definition) is 0. The van der Waals surface area contributed by atoms with Gasteiger partial charge in [0.2, 0.25) is 0 Å². The maximum Gasteiger partial charge on any atom is 0.293 e. The predicted molar refractivity (Wildman–Crippen MR) is 72.6 cm³/mol. The molecular weight excluding hydrogens is 266 g/mol. The molecule has 0 saturated carbocycles. The van der Waals surface area contributed by atoms with Crippen molar-refractivity contribution >= 4 is 16.8 Å². The van der Waals surface area contributed by atoms with Gasteiger partial charge in [-0.15, -0.1) is 0 Å². The second kappa shape index (κ2) is 5.71. The molecule has 5 heteroatoms. The fourth-order valence-electron chi connectivity index (χ4n) is 1.63. The van der Waals surface area contributed by atoms with Crippen LogP contribution in [0, 0.1) is 0 Å². The monoisotopic (exact) mass is 277 g/mol. The second-order valence-corrected chi connectivity index (χ2v) is 4.37. The molecule has 0 aliphatic rings. The fourth-order valence-corrected chi connectivity index (χ4v) is 1.78. The Morgan fingerprint density at radius 1 is 1.26 bits per heavy atom. The van der Waals surface area contributed by atoms with Gasteiger partial charge in [0.15, 0.2) is 5.75 Å². The van der Waals surface area contributed by atoms with Gasteiger partial charge in [-0.05, 0) is 23.2 Å². The van der Waals surface area contributed by atoms with Gasteiger partial charge < -0.3 is 9.30 Å². The van der Waals surface area contributed by atoms with Crippen LogP contribution in [0.4, 0.5) is 0 Å². The highest BCUT2D eigenvalue weighted by atomic mass is 35.5. The Morgan fingerprint density at radius 3 is 2.58 bits per heavy atom. The molecule has 1 aromatic heterocycles. The van der Waals surface area contributed by atoms with Crippen LogP contribution in [0.1, 0.15) is 15.9 Å². The minimum Gasteiger partial charge on any atom is -0.482 e. The number of aryl methyl sites for hydroxylation is 1. The highest BCUT2D eigenvalue weighted by Gasteiger charge is 2.15. The molecule has 0 bridgehead atoms. The lowest BCUT2D eigenvalue weighted by molar-refractivity contribution is 0.107. The molecule has 1 aromatic carbocycles. The van der Waals surface area contributed by atoms with E-state index in [4.69, 9.17) is 16.3 Å². The molecule has 0 radical (unpaired) electrons. The smallest absolute Gasteiger partial charge is 0.293 e. The number of halogens is 1. The van der Waals surface area contributed by atoms with E-state index in [0.29, 0.717) is 0 Å². The van der Waals surface area contributed by atoms with E-state index in [2.05, 4.69) is 0 Å². The van der Waals surface area contributed by atoms with Crippen LogP contribution in [0.25, 0.3) is 0 Å². The highest BCUT2D eigenvalue weighted by Crippen LogP contribution is 2.16. The van der Waals surface area contributed by atoms with E-state index in [1.165, 1.54) is 16.8 Å². The van der Waals surface area contributed by atoms with Gasteiger partial charge in [0.1, 0.15) is 6.61 Å². The van der Waals surface area contributed by atoms with Gasteiger partial charge in [0.25, 0.3) is 10.8 Å². The number of ether oxygens (including phenoxy) is 1. The van der Waals surface area contributed by atoms with Crippen molar-refractivity contribution in [1.82, 2.24) is 4.57 Å². The standard InChI is InChI=1S/C14H12ClNO3/c1-16-8-7-11(13(15)17)12(14(16)18)19-9-10-5-3-2-4-6-10/h2-8H,9H2,1H3. The van der Waals surface area contributed by atoms with Crippen LogP contribution >= 0.6 is 11.6 Å². The molecular formula is C14H12ClNO3. The zero-order valence-corrected chi connectivity index (χ0v) is 11.1. The summed E-state index contributed by atoms with van der Waals surface area (Å²) in [7, 11) is 1.58. The first-order valence-electron chi connectivity index (χ1n) is 5.66. The summed E-state index contributed by atoms with van der Waals surface area (Å²) in [4.78, 5) is 23.2. The molecule has 2 aromatic rings. The summed E-state index contributed by atoms with van der Waals surface area (Å²) in [5.74, 6) is -0.0196. The third kappa shape index (κ3) is 3.03. The van der Waals surface area contributed by atoms with Crippen molar-refractivity contribution in [3.63, 3.8) is 0 Å². The number of benzene rings is 1. The maximum absolute atomic E-state index is 11.9. The molecule has 0 saturated heterocycles. The number of aromatic nitrogens is 1. The van der Waals surface area contributed by atoms with Crippen LogP contribution in [0.15, 0.2) is 47.4 Å². The Morgan fingerprint density at radius 2 is 1.95 bits per heavy atom. The van der Waals surface area contributed by atoms with Gasteiger partial charge in [0.05, 0.1) is 5.56 Å². The molecule has 19 heavy (non-hydrogen) atoms. The molecule has 0 spiro atoms. The van der Waals surface area contributed by atoms with Crippen LogP contribution in [-0.4, -0.2) is 9.81 Å². The zero-order chi connectivity index (χ0) is 13.8. The molecule has 4 nitrogen and oxygen atoms in total. The molecule has 0 N–H and O–H groups in total. The lowest BCUT2D eigenvalue weighted by Gasteiger charge is -2.09. The van der Waals surface area contributed by atoms with Gasteiger partial charge in [-0.2, -0.15) is 0 Å². The van der Waals surface area contributed by atoms with Crippen LogP contribution in [0.3, 0.4) is 0 Å². The Labute approximate surface area is 115 Å². The molecule has 0 aliphatic carbocycles. The lowest BCUT2D eigenvalue weighted by atomic mass is 10.2. The summed E-state index contributed by atoms with van der Waals surface area (Å²) in [5, 5.41) is -0.708. The number of hydrogen-bond acceptors (Lipinski definition) is 3. The van der Waals surface area contributed by atoms with Crippen LogP contribution in [0.2, 0.25) is 0 Å². The summed E-state index contributed by atoms with van der Waals surface area (Å²) >= 11 is 5.45. The van der Waals surface area contributed by atoms with E-state index in [-0.39, 0.29) is 23.5 Å². The third-order valence-corrected chi connectivity index (χ3v) is 2.87. The fraction of sp³-hybridized carbons (Fsp3) is 0.143. The summed E-state index contributed by atoms with van der Waals surface area (Å²) < 4.78 is 6.79. The van der Waals surface area contributed by atoms with Gasteiger partial charge in [-0.1, -0.05) is 30.3 Å². The highest BCUT2D eigenvalue weighted by molar-refractivity contribution is 6.68. The lowest BCUT2D eigenvalue weighted by Crippen LogP contribution is -2.21. The first kappa shape index (κ1) is 13.4. The van der Waals surface area contributed by atoms with Crippen molar-refractivity contribution in [2.24, 2.45) is 7.05 Å². The quantitative estimate of drug-likeness (QED) is 0.806. The molecule has 0 unspecified atom stereocenters. The molecule has 0 fully saturated rings. The average molecular weight is 278 g/mol. The van der Waals surface area contributed by atoms with E-state index in [1.807, 2.05) is 30.3 Å². The second-order valence-electron chi connectivity index (χ2n) is 4.02. The Kier molecular flexibility index (Phi) is 4.02. The first-order chi connectivity index (χ1) is 9.09. The normalized spacial score (nSPS) is 10.2. The van der Waals surface area contributed by atoms with Crippen molar-refractivity contribution in [3.8, 4) is 5.75 Å². The number of pyridine rings is 1. The van der Waals surface area contributed by atoms with E-state index >= 15 is 0 Å². The van der Waals surface area contributed by atoms with Gasteiger partial charge in [0, 0.05) is 13.2 Å². The molecule has 0 atom stereocenters.